The summed E-state index contributed by atoms with van der Waals surface area (Å²) in [4.78, 5) is 10.8. The van der Waals surface area contributed by atoms with E-state index in [1.54, 1.807) is 18.6 Å². The second-order valence-electron chi connectivity index (χ2n) is 2.51. The van der Waals surface area contributed by atoms with Crippen LogP contribution in [0.3, 0.4) is 0 Å². The molecule has 0 aliphatic carbocycles. The number of carbonyl (C=O) groups excluding carboxylic acids is 1. The molecular formula is C5H9NO4S. The van der Waals surface area contributed by atoms with Crippen molar-refractivity contribution in [2.45, 2.75) is 20.0 Å². The molecule has 0 spiro atoms. The SMILES string of the molecule is CC1OS(=O)(=O)NC(=O)C1C. The number of carbonyl (C=O) groups is 1. The van der Waals surface area contributed by atoms with E-state index in [1.165, 1.54) is 0 Å². The monoisotopic (exact) mass is 179 g/mol. The highest BCUT2D eigenvalue weighted by molar-refractivity contribution is 7.85. The summed E-state index contributed by atoms with van der Waals surface area (Å²) in [7, 11) is -3.81. The number of hydrogen-bond donors (Lipinski definition) is 1. The molecule has 1 rings (SSSR count). The van der Waals surface area contributed by atoms with E-state index in [9.17, 15) is 13.2 Å². The molecule has 1 aliphatic heterocycles. The van der Waals surface area contributed by atoms with Gasteiger partial charge in [0.2, 0.25) is 5.91 Å². The van der Waals surface area contributed by atoms with Gasteiger partial charge < -0.3 is 0 Å². The minimum Gasteiger partial charge on any atom is -0.274 e. The maximum absolute atomic E-state index is 10.8. The molecule has 0 bridgehead atoms. The summed E-state index contributed by atoms with van der Waals surface area (Å²) < 4.78 is 27.6. The third-order valence-electron chi connectivity index (χ3n) is 1.62. The molecule has 1 amide bonds. The molecule has 1 heterocycles. The molecule has 2 unspecified atom stereocenters. The average molecular weight is 179 g/mol. The van der Waals surface area contributed by atoms with Crippen molar-refractivity contribution in [3.8, 4) is 0 Å². The molecule has 11 heavy (non-hydrogen) atoms. The van der Waals surface area contributed by atoms with E-state index in [2.05, 4.69) is 4.18 Å². The van der Waals surface area contributed by atoms with Gasteiger partial charge in [-0.05, 0) is 6.92 Å². The lowest BCUT2D eigenvalue weighted by molar-refractivity contribution is -0.126. The molecular weight excluding hydrogens is 170 g/mol. The molecule has 64 valence electrons. The summed E-state index contributed by atoms with van der Waals surface area (Å²) in [6.07, 6.45) is -0.575. The Morgan fingerprint density at radius 3 is 2.45 bits per heavy atom. The van der Waals surface area contributed by atoms with Crippen LogP contribution in [0.4, 0.5) is 0 Å². The van der Waals surface area contributed by atoms with Gasteiger partial charge in [0, 0.05) is 0 Å². The van der Waals surface area contributed by atoms with E-state index in [0.29, 0.717) is 0 Å². The van der Waals surface area contributed by atoms with Crippen molar-refractivity contribution in [1.82, 2.24) is 4.72 Å². The molecule has 2 atom stereocenters. The van der Waals surface area contributed by atoms with Crippen LogP contribution in [0.5, 0.6) is 0 Å². The highest BCUT2D eigenvalue weighted by Crippen LogP contribution is 2.14. The van der Waals surface area contributed by atoms with Crippen LogP contribution < -0.4 is 4.72 Å². The predicted octanol–water partition coefficient (Wildman–Crippen LogP) is -0.598. The van der Waals surface area contributed by atoms with Gasteiger partial charge in [-0.15, -0.1) is 0 Å². The Morgan fingerprint density at radius 1 is 1.45 bits per heavy atom. The first-order valence-corrected chi connectivity index (χ1v) is 4.58. The second kappa shape index (κ2) is 2.46. The first kappa shape index (κ1) is 8.48. The molecule has 6 heteroatoms. The first-order chi connectivity index (χ1) is 4.92. The molecule has 0 radical (unpaired) electrons. The van der Waals surface area contributed by atoms with E-state index in [4.69, 9.17) is 0 Å². The van der Waals surface area contributed by atoms with Gasteiger partial charge in [-0.1, -0.05) is 6.92 Å². The van der Waals surface area contributed by atoms with Crippen LogP contribution in [0, 0.1) is 5.92 Å². The van der Waals surface area contributed by atoms with Gasteiger partial charge in [0.1, 0.15) is 0 Å². The molecule has 1 fully saturated rings. The van der Waals surface area contributed by atoms with Gasteiger partial charge in [-0.2, -0.15) is 8.42 Å². The van der Waals surface area contributed by atoms with Gasteiger partial charge in [0.15, 0.2) is 0 Å². The largest absolute Gasteiger partial charge is 0.362 e. The maximum Gasteiger partial charge on any atom is 0.362 e. The summed E-state index contributed by atoms with van der Waals surface area (Å²) >= 11 is 0. The highest BCUT2D eigenvalue weighted by Gasteiger charge is 2.33. The minimum atomic E-state index is -3.81. The minimum absolute atomic E-state index is 0.418. The van der Waals surface area contributed by atoms with Crippen molar-refractivity contribution in [3.05, 3.63) is 0 Å². The summed E-state index contributed by atoms with van der Waals surface area (Å²) in [5.41, 5.74) is 0. The smallest absolute Gasteiger partial charge is 0.274 e. The van der Waals surface area contributed by atoms with Crippen molar-refractivity contribution < 1.29 is 17.4 Å². The Bertz CT molecular complexity index is 270. The van der Waals surface area contributed by atoms with Crippen molar-refractivity contribution in [1.29, 1.82) is 0 Å². The Kier molecular flexibility index (Phi) is 1.89. The lowest BCUT2D eigenvalue weighted by atomic mass is 10.1. The van der Waals surface area contributed by atoms with Gasteiger partial charge in [-0.3, -0.25) is 4.79 Å². The Labute approximate surface area is 65.0 Å². The predicted molar refractivity (Wildman–Crippen MR) is 36.8 cm³/mol. The van der Waals surface area contributed by atoms with Crippen LogP contribution in [0.1, 0.15) is 13.8 Å². The standard InChI is InChI=1S/C5H9NO4S/c1-3-4(2)10-11(8,9)6-5(3)7/h3-4H,1-2H3,(H,6,7). The average Bonchev–Trinajstić information content (AvgIpc) is 1.81. The Hall–Kier alpha value is -0.620. The van der Waals surface area contributed by atoms with Crippen LogP contribution in [0.15, 0.2) is 0 Å². The summed E-state index contributed by atoms with van der Waals surface area (Å²) in [6.45, 7) is 3.15. The van der Waals surface area contributed by atoms with Gasteiger partial charge in [0.05, 0.1) is 12.0 Å². The van der Waals surface area contributed by atoms with E-state index in [1.807, 2.05) is 0 Å². The third kappa shape index (κ3) is 1.69. The second-order valence-corrected chi connectivity index (χ2v) is 3.82. The van der Waals surface area contributed by atoms with E-state index in [-0.39, 0.29) is 0 Å². The summed E-state index contributed by atoms with van der Waals surface area (Å²) in [5.74, 6) is -0.928. The van der Waals surface area contributed by atoms with Gasteiger partial charge in [-0.25, -0.2) is 8.91 Å². The fourth-order valence-electron chi connectivity index (χ4n) is 0.737. The summed E-state index contributed by atoms with van der Waals surface area (Å²) in [5, 5.41) is 0. The summed E-state index contributed by atoms with van der Waals surface area (Å²) in [6, 6.07) is 0. The van der Waals surface area contributed by atoms with E-state index in [0.717, 1.165) is 0 Å². The Balaban J connectivity index is 2.87. The molecule has 1 saturated heterocycles. The van der Waals surface area contributed by atoms with Crippen LogP contribution >= 0.6 is 0 Å². The Morgan fingerprint density at radius 2 is 2.00 bits per heavy atom. The van der Waals surface area contributed by atoms with Crippen LogP contribution in [-0.4, -0.2) is 20.4 Å². The zero-order valence-corrected chi connectivity index (χ0v) is 7.01. The van der Waals surface area contributed by atoms with E-state index < -0.39 is 28.2 Å². The molecule has 0 aromatic heterocycles. The molecule has 1 aliphatic rings. The van der Waals surface area contributed by atoms with Crippen molar-refractivity contribution in [2.24, 2.45) is 5.92 Å². The molecule has 0 aromatic rings. The van der Waals surface area contributed by atoms with Gasteiger partial charge in [0.25, 0.3) is 0 Å². The van der Waals surface area contributed by atoms with Crippen LogP contribution in [-0.2, 0) is 19.3 Å². The number of rotatable bonds is 0. The van der Waals surface area contributed by atoms with Crippen LogP contribution in [0.2, 0.25) is 0 Å². The van der Waals surface area contributed by atoms with Crippen molar-refractivity contribution in [2.75, 3.05) is 0 Å². The first-order valence-electron chi connectivity index (χ1n) is 3.17. The van der Waals surface area contributed by atoms with Gasteiger partial charge >= 0.3 is 10.3 Å². The number of nitrogens with one attached hydrogen (secondary N) is 1. The fraction of sp³-hybridized carbons (Fsp3) is 0.800. The maximum atomic E-state index is 10.8. The zero-order valence-electron chi connectivity index (χ0n) is 6.20. The normalized spacial score (nSPS) is 36.4. The third-order valence-corrected chi connectivity index (χ3v) is 2.63. The number of amides is 1. The molecule has 1 N–H and O–H groups in total. The number of hydrogen-bond acceptors (Lipinski definition) is 4. The molecule has 5 nitrogen and oxygen atoms in total. The zero-order chi connectivity index (χ0) is 8.65. The lowest BCUT2D eigenvalue weighted by Crippen LogP contribution is -2.47. The lowest BCUT2D eigenvalue weighted by Gasteiger charge is -2.24. The molecule has 0 aromatic carbocycles. The molecule has 0 saturated carbocycles. The van der Waals surface area contributed by atoms with E-state index >= 15 is 0 Å². The van der Waals surface area contributed by atoms with Crippen LogP contribution in [0.25, 0.3) is 0 Å². The quantitative estimate of drug-likeness (QED) is 0.539. The van der Waals surface area contributed by atoms with Crippen molar-refractivity contribution in [3.63, 3.8) is 0 Å². The topological polar surface area (TPSA) is 72.5 Å². The van der Waals surface area contributed by atoms with Crippen molar-refractivity contribution >= 4 is 16.2 Å². The highest BCUT2D eigenvalue weighted by atomic mass is 32.2. The fourth-order valence-corrected chi connectivity index (χ4v) is 1.78.